The third-order valence-corrected chi connectivity index (χ3v) is 2.69. The lowest BCUT2D eigenvalue weighted by Crippen LogP contribution is -2.36. The predicted octanol–water partition coefficient (Wildman–Crippen LogP) is 1.22. The van der Waals surface area contributed by atoms with Crippen LogP contribution in [0.3, 0.4) is 0 Å². The van der Waals surface area contributed by atoms with Crippen LogP contribution in [-0.2, 0) is 9.53 Å². The Morgan fingerprint density at radius 1 is 1.50 bits per heavy atom. The smallest absolute Gasteiger partial charge is 0.340 e. The summed E-state index contributed by atoms with van der Waals surface area (Å²) in [6.45, 7) is 0.474. The second-order valence-electron chi connectivity index (χ2n) is 4.20. The predicted molar refractivity (Wildman–Crippen MR) is 71.1 cm³/mol. The van der Waals surface area contributed by atoms with Crippen molar-refractivity contribution in [2.75, 3.05) is 19.0 Å². The standard InChI is InChI=1S/C13H17FN2O4/c1-20-7-3-5-9(15)12(17)16-10-6-2-4-8(14)11(10)13(18)19/h2,4,6,9H,3,5,7,15H2,1H3,(H,16,17)(H,18,19). The van der Waals surface area contributed by atoms with E-state index in [1.54, 1.807) is 0 Å². The fraction of sp³-hybridized carbons (Fsp3) is 0.385. The molecule has 4 N–H and O–H groups in total. The number of aromatic carboxylic acids is 1. The molecule has 0 radical (unpaired) electrons. The minimum Gasteiger partial charge on any atom is -0.478 e. The summed E-state index contributed by atoms with van der Waals surface area (Å²) in [5, 5.41) is 11.3. The maximum atomic E-state index is 13.4. The van der Waals surface area contributed by atoms with Gasteiger partial charge in [-0.1, -0.05) is 6.07 Å². The number of anilines is 1. The van der Waals surface area contributed by atoms with Gasteiger partial charge in [-0.3, -0.25) is 4.79 Å². The van der Waals surface area contributed by atoms with Gasteiger partial charge in [0, 0.05) is 13.7 Å². The van der Waals surface area contributed by atoms with Crippen LogP contribution < -0.4 is 11.1 Å². The Morgan fingerprint density at radius 2 is 2.20 bits per heavy atom. The van der Waals surface area contributed by atoms with Crippen LogP contribution in [0.1, 0.15) is 23.2 Å². The topological polar surface area (TPSA) is 102 Å². The van der Waals surface area contributed by atoms with Crippen LogP contribution in [0.5, 0.6) is 0 Å². The number of hydrogen-bond donors (Lipinski definition) is 3. The Hall–Kier alpha value is -1.99. The Labute approximate surface area is 115 Å². The molecule has 6 nitrogen and oxygen atoms in total. The van der Waals surface area contributed by atoms with E-state index in [0.29, 0.717) is 19.4 Å². The van der Waals surface area contributed by atoms with E-state index in [4.69, 9.17) is 15.6 Å². The van der Waals surface area contributed by atoms with Crippen LogP contribution >= 0.6 is 0 Å². The van der Waals surface area contributed by atoms with Crippen molar-refractivity contribution in [2.24, 2.45) is 5.73 Å². The van der Waals surface area contributed by atoms with E-state index >= 15 is 0 Å². The molecule has 1 aromatic rings. The van der Waals surface area contributed by atoms with E-state index < -0.39 is 29.3 Å². The first-order valence-corrected chi connectivity index (χ1v) is 6.04. The molecule has 0 bridgehead atoms. The molecule has 0 aromatic heterocycles. The lowest BCUT2D eigenvalue weighted by atomic mass is 10.1. The first-order valence-electron chi connectivity index (χ1n) is 6.04. The Bertz CT molecular complexity index is 493. The fourth-order valence-corrected chi connectivity index (χ4v) is 1.65. The molecular weight excluding hydrogens is 267 g/mol. The van der Waals surface area contributed by atoms with Crippen LogP contribution in [0.4, 0.5) is 10.1 Å². The van der Waals surface area contributed by atoms with Gasteiger partial charge in [-0.2, -0.15) is 0 Å². The molecule has 1 unspecified atom stereocenters. The van der Waals surface area contributed by atoms with Crippen LogP contribution in [0, 0.1) is 5.82 Å². The highest BCUT2D eigenvalue weighted by molar-refractivity contribution is 6.02. The molecule has 0 aliphatic rings. The van der Waals surface area contributed by atoms with Crippen LogP contribution in [0.15, 0.2) is 18.2 Å². The summed E-state index contributed by atoms with van der Waals surface area (Å²) in [6.07, 6.45) is 0.984. The molecule has 0 heterocycles. The molecule has 0 aliphatic heterocycles. The first-order chi connectivity index (χ1) is 9.47. The number of carboxylic acids is 1. The van der Waals surface area contributed by atoms with Gasteiger partial charge in [0.15, 0.2) is 0 Å². The van der Waals surface area contributed by atoms with Gasteiger partial charge in [-0.15, -0.1) is 0 Å². The average molecular weight is 284 g/mol. The highest BCUT2D eigenvalue weighted by Crippen LogP contribution is 2.19. The van der Waals surface area contributed by atoms with E-state index in [0.717, 1.165) is 6.07 Å². The van der Waals surface area contributed by atoms with E-state index in [9.17, 15) is 14.0 Å². The van der Waals surface area contributed by atoms with E-state index in [1.165, 1.54) is 19.2 Å². The lowest BCUT2D eigenvalue weighted by molar-refractivity contribution is -0.117. The Kier molecular flexibility index (Phi) is 6.08. The number of carbonyl (C=O) groups excluding carboxylic acids is 1. The summed E-state index contributed by atoms with van der Waals surface area (Å²) in [4.78, 5) is 22.8. The molecule has 1 atom stereocenters. The third kappa shape index (κ3) is 4.29. The monoisotopic (exact) mass is 284 g/mol. The van der Waals surface area contributed by atoms with Crippen molar-refractivity contribution in [3.05, 3.63) is 29.6 Å². The number of nitrogens with one attached hydrogen (secondary N) is 1. The van der Waals surface area contributed by atoms with Crippen LogP contribution in [0.2, 0.25) is 0 Å². The molecule has 0 fully saturated rings. The Morgan fingerprint density at radius 3 is 2.80 bits per heavy atom. The zero-order valence-electron chi connectivity index (χ0n) is 11.1. The summed E-state index contributed by atoms with van der Waals surface area (Å²) in [5.41, 5.74) is 4.98. The number of methoxy groups -OCH3 is 1. The number of carbonyl (C=O) groups is 2. The number of amides is 1. The SMILES string of the molecule is COCCCC(N)C(=O)Nc1cccc(F)c1C(=O)O. The second kappa shape index (κ2) is 7.56. The van der Waals surface area contributed by atoms with Gasteiger partial charge in [0.25, 0.3) is 0 Å². The van der Waals surface area contributed by atoms with E-state index in [-0.39, 0.29) is 5.69 Å². The van der Waals surface area contributed by atoms with Crippen molar-refractivity contribution in [3.8, 4) is 0 Å². The normalized spacial score (nSPS) is 11.9. The summed E-state index contributed by atoms with van der Waals surface area (Å²) >= 11 is 0. The molecule has 1 rings (SSSR count). The number of hydrogen-bond acceptors (Lipinski definition) is 4. The van der Waals surface area contributed by atoms with Gasteiger partial charge in [-0.25, -0.2) is 9.18 Å². The zero-order chi connectivity index (χ0) is 15.1. The molecule has 0 saturated heterocycles. The summed E-state index contributed by atoms with van der Waals surface area (Å²) < 4.78 is 18.3. The second-order valence-corrected chi connectivity index (χ2v) is 4.20. The van der Waals surface area contributed by atoms with Gasteiger partial charge in [-0.05, 0) is 25.0 Å². The molecule has 0 spiro atoms. The Balaban J connectivity index is 2.75. The van der Waals surface area contributed by atoms with Crippen molar-refractivity contribution in [3.63, 3.8) is 0 Å². The van der Waals surface area contributed by atoms with Gasteiger partial charge < -0.3 is 20.9 Å². The molecule has 110 valence electrons. The van der Waals surface area contributed by atoms with Crippen molar-refractivity contribution >= 4 is 17.6 Å². The average Bonchev–Trinajstić information content (AvgIpc) is 2.38. The van der Waals surface area contributed by atoms with Gasteiger partial charge in [0.2, 0.25) is 5.91 Å². The summed E-state index contributed by atoms with van der Waals surface area (Å²) in [6, 6.07) is 2.83. The molecule has 1 amide bonds. The molecular formula is C13H17FN2O4. The number of rotatable bonds is 7. The van der Waals surface area contributed by atoms with Gasteiger partial charge in [0.05, 0.1) is 11.7 Å². The van der Waals surface area contributed by atoms with Crippen molar-refractivity contribution in [2.45, 2.75) is 18.9 Å². The van der Waals surface area contributed by atoms with Gasteiger partial charge in [0.1, 0.15) is 11.4 Å². The van der Waals surface area contributed by atoms with Crippen LogP contribution in [0.25, 0.3) is 0 Å². The van der Waals surface area contributed by atoms with Gasteiger partial charge >= 0.3 is 5.97 Å². The first kappa shape index (κ1) is 16.1. The number of nitrogens with two attached hydrogens (primary N) is 1. The van der Waals surface area contributed by atoms with E-state index in [2.05, 4.69) is 5.32 Å². The number of benzene rings is 1. The van der Waals surface area contributed by atoms with Crippen molar-refractivity contribution in [1.29, 1.82) is 0 Å². The lowest BCUT2D eigenvalue weighted by Gasteiger charge is -2.13. The highest BCUT2D eigenvalue weighted by atomic mass is 19.1. The molecule has 0 saturated carbocycles. The minimum atomic E-state index is -1.45. The van der Waals surface area contributed by atoms with Crippen molar-refractivity contribution in [1.82, 2.24) is 0 Å². The maximum Gasteiger partial charge on any atom is 0.340 e. The number of ether oxygens (including phenoxy) is 1. The quantitative estimate of drug-likeness (QED) is 0.653. The zero-order valence-corrected chi connectivity index (χ0v) is 11.1. The third-order valence-electron chi connectivity index (χ3n) is 2.69. The molecule has 0 aliphatic carbocycles. The molecule has 20 heavy (non-hydrogen) atoms. The fourth-order valence-electron chi connectivity index (χ4n) is 1.65. The summed E-state index contributed by atoms with van der Waals surface area (Å²) in [5.74, 6) is -2.93. The maximum absolute atomic E-state index is 13.4. The summed E-state index contributed by atoms with van der Waals surface area (Å²) in [7, 11) is 1.54. The molecule has 7 heteroatoms. The number of carboxylic acid groups (broad SMARTS) is 1. The van der Waals surface area contributed by atoms with Crippen molar-refractivity contribution < 1.29 is 23.8 Å². The molecule has 1 aromatic carbocycles. The number of halogens is 1. The largest absolute Gasteiger partial charge is 0.478 e. The minimum absolute atomic E-state index is 0.107. The highest BCUT2D eigenvalue weighted by Gasteiger charge is 2.19. The van der Waals surface area contributed by atoms with Crippen LogP contribution in [-0.4, -0.2) is 36.7 Å². The van der Waals surface area contributed by atoms with E-state index in [1.807, 2.05) is 0 Å².